The van der Waals surface area contributed by atoms with E-state index in [0.717, 1.165) is 53.0 Å². The van der Waals surface area contributed by atoms with Crippen LogP contribution in [0.2, 0.25) is 0 Å². The number of nitrogens with zero attached hydrogens (tertiary/aromatic N) is 3. The molecule has 2 aromatic carbocycles. The van der Waals surface area contributed by atoms with E-state index in [0.29, 0.717) is 6.54 Å². The Morgan fingerprint density at radius 3 is 2.64 bits per heavy atom. The Hall–Kier alpha value is -3.56. The molecule has 0 saturated heterocycles. The Balaban J connectivity index is 1.51. The number of carbonyl (C=O) groups excluding carboxylic acids is 1. The van der Waals surface area contributed by atoms with Crippen LogP contribution in [0.25, 0.3) is 11.3 Å². The zero-order valence-corrected chi connectivity index (χ0v) is 19.1. The minimum Gasteiger partial charge on any atom is -0.378 e. The minimum absolute atomic E-state index is 0.0902. The molecule has 0 radical (unpaired) electrons. The highest BCUT2D eigenvalue weighted by atomic mass is 16.2. The average Bonchev–Trinajstić information content (AvgIpc) is 3.59. The SMILES string of the molecule is C[C@H]1C[C@@H](Nc2ccc(C#CCN)cc2)c2cc(-c3ccnn3C)ccc2N1C(=O)C1CC1. The van der Waals surface area contributed by atoms with E-state index >= 15 is 0 Å². The number of hydrogen-bond donors (Lipinski definition) is 2. The third kappa shape index (κ3) is 4.24. The highest BCUT2D eigenvalue weighted by molar-refractivity contribution is 5.98. The summed E-state index contributed by atoms with van der Waals surface area (Å²) in [6.07, 6.45) is 4.66. The average molecular weight is 440 g/mol. The predicted molar refractivity (Wildman–Crippen MR) is 132 cm³/mol. The fourth-order valence-corrected chi connectivity index (χ4v) is 4.68. The molecular formula is C27H29N5O. The number of aromatic nitrogens is 2. The van der Waals surface area contributed by atoms with Gasteiger partial charge in [-0.2, -0.15) is 5.10 Å². The molecule has 0 spiro atoms. The van der Waals surface area contributed by atoms with E-state index in [2.05, 4.69) is 59.5 Å². The maximum Gasteiger partial charge on any atom is 0.230 e. The summed E-state index contributed by atoms with van der Waals surface area (Å²) in [6, 6.07) is 16.8. The maximum absolute atomic E-state index is 13.2. The molecule has 1 aliphatic heterocycles. The number of rotatable bonds is 4. The molecule has 1 aliphatic carbocycles. The summed E-state index contributed by atoms with van der Waals surface area (Å²) in [7, 11) is 1.95. The minimum atomic E-state index is 0.0902. The highest BCUT2D eigenvalue weighted by Gasteiger charge is 2.40. The van der Waals surface area contributed by atoms with Gasteiger partial charge in [0, 0.05) is 47.7 Å². The van der Waals surface area contributed by atoms with Gasteiger partial charge < -0.3 is 16.0 Å². The van der Waals surface area contributed by atoms with Crippen LogP contribution in [0.3, 0.4) is 0 Å². The van der Waals surface area contributed by atoms with Crippen molar-refractivity contribution in [2.75, 3.05) is 16.8 Å². The zero-order chi connectivity index (χ0) is 22.9. The van der Waals surface area contributed by atoms with Crippen molar-refractivity contribution in [3.8, 4) is 23.1 Å². The van der Waals surface area contributed by atoms with Gasteiger partial charge in [0.2, 0.25) is 5.91 Å². The van der Waals surface area contributed by atoms with Gasteiger partial charge >= 0.3 is 0 Å². The van der Waals surface area contributed by atoms with Gasteiger partial charge in [0.15, 0.2) is 0 Å². The summed E-state index contributed by atoms with van der Waals surface area (Å²) in [5, 5.41) is 8.03. The second-order valence-corrected chi connectivity index (χ2v) is 8.96. The normalized spacial score (nSPS) is 19.4. The molecule has 3 aromatic rings. The van der Waals surface area contributed by atoms with E-state index in [1.165, 1.54) is 0 Å². The summed E-state index contributed by atoms with van der Waals surface area (Å²) < 4.78 is 1.88. The second-order valence-electron chi connectivity index (χ2n) is 8.96. The van der Waals surface area contributed by atoms with Crippen molar-refractivity contribution in [2.45, 2.75) is 38.3 Å². The van der Waals surface area contributed by atoms with Crippen molar-refractivity contribution in [2.24, 2.45) is 18.7 Å². The van der Waals surface area contributed by atoms with Crippen LogP contribution in [0.4, 0.5) is 11.4 Å². The van der Waals surface area contributed by atoms with Crippen LogP contribution < -0.4 is 16.0 Å². The van der Waals surface area contributed by atoms with Crippen LogP contribution in [0.5, 0.6) is 0 Å². The first-order valence-corrected chi connectivity index (χ1v) is 11.6. The smallest absolute Gasteiger partial charge is 0.230 e. The number of amides is 1. The molecule has 3 N–H and O–H groups in total. The van der Waals surface area contributed by atoms with Gasteiger partial charge in [0.1, 0.15) is 0 Å². The quantitative estimate of drug-likeness (QED) is 0.601. The Morgan fingerprint density at radius 1 is 1.18 bits per heavy atom. The summed E-state index contributed by atoms with van der Waals surface area (Å²) in [6.45, 7) is 2.50. The van der Waals surface area contributed by atoms with Crippen LogP contribution >= 0.6 is 0 Å². The van der Waals surface area contributed by atoms with Gasteiger partial charge in [-0.05, 0) is 74.2 Å². The van der Waals surface area contributed by atoms with E-state index < -0.39 is 0 Å². The van der Waals surface area contributed by atoms with Crippen molar-refractivity contribution in [1.82, 2.24) is 9.78 Å². The van der Waals surface area contributed by atoms with Gasteiger partial charge in [-0.25, -0.2) is 0 Å². The molecule has 2 atom stereocenters. The van der Waals surface area contributed by atoms with E-state index in [-0.39, 0.29) is 23.9 Å². The molecule has 6 nitrogen and oxygen atoms in total. The number of nitrogens with one attached hydrogen (secondary N) is 1. The molecule has 5 rings (SSSR count). The first-order chi connectivity index (χ1) is 16.0. The third-order valence-electron chi connectivity index (χ3n) is 6.52. The Morgan fingerprint density at radius 2 is 1.97 bits per heavy atom. The number of aryl methyl sites for hydroxylation is 1. The van der Waals surface area contributed by atoms with Gasteiger partial charge in [-0.15, -0.1) is 0 Å². The summed E-state index contributed by atoms with van der Waals surface area (Å²) in [5.74, 6) is 6.40. The first-order valence-electron chi connectivity index (χ1n) is 11.6. The molecule has 2 heterocycles. The molecular weight excluding hydrogens is 410 g/mol. The molecule has 6 heteroatoms. The lowest BCUT2D eigenvalue weighted by atomic mass is 9.89. The topological polar surface area (TPSA) is 76.2 Å². The third-order valence-corrected chi connectivity index (χ3v) is 6.52. The summed E-state index contributed by atoms with van der Waals surface area (Å²) in [5.41, 5.74) is 11.8. The molecule has 1 aromatic heterocycles. The van der Waals surface area contributed by atoms with E-state index in [1.54, 1.807) is 0 Å². The van der Waals surface area contributed by atoms with Crippen LogP contribution in [0, 0.1) is 17.8 Å². The van der Waals surface area contributed by atoms with Crippen molar-refractivity contribution >= 4 is 17.3 Å². The molecule has 0 unspecified atom stereocenters. The fraction of sp³-hybridized carbons (Fsp3) is 0.333. The van der Waals surface area contributed by atoms with E-state index in [1.807, 2.05) is 41.0 Å². The van der Waals surface area contributed by atoms with Crippen LogP contribution in [0.15, 0.2) is 54.7 Å². The predicted octanol–water partition coefficient (Wildman–Crippen LogP) is 4.09. The van der Waals surface area contributed by atoms with Crippen molar-refractivity contribution < 1.29 is 4.79 Å². The van der Waals surface area contributed by atoms with Gasteiger partial charge in [-0.1, -0.05) is 17.9 Å². The summed E-state index contributed by atoms with van der Waals surface area (Å²) in [4.78, 5) is 15.2. The van der Waals surface area contributed by atoms with Crippen LogP contribution in [0.1, 0.15) is 43.4 Å². The van der Waals surface area contributed by atoms with E-state index in [4.69, 9.17) is 5.73 Å². The number of benzene rings is 2. The maximum atomic E-state index is 13.2. The van der Waals surface area contributed by atoms with Crippen LogP contribution in [-0.2, 0) is 11.8 Å². The largest absolute Gasteiger partial charge is 0.378 e. The molecule has 1 fully saturated rings. The van der Waals surface area contributed by atoms with Crippen molar-refractivity contribution in [1.29, 1.82) is 0 Å². The van der Waals surface area contributed by atoms with Crippen molar-refractivity contribution in [3.63, 3.8) is 0 Å². The van der Waals surface area contributed by atoms with Gasteiger partial charge in [0.25, 0.3) is 0 Å². The second kappa shape index (κ2) is 8.76. The highest BCUT2D eigenvalue weighted by Crippen LogP contribution is 2.43. The lowest BCUT2D eigenvalue weighted by molar-refractivity contribution is -0.120. The Labute approximate surface area is 194 Å². The standard InChI is InChI=1S/C27H29N5O/c1-18-16-24(30-22-10-5-19(6-11-22)4-3-14-28)23-17-21(25-13-15-29-31(25)2)9-12-26(23)32(18)27(33)20-7-8-20/h5-6,9-13,15,17-18,20,24,30H,7-8,14,16,28H2,1-2H3/t18-,24+/m0/s1. The number of anilines is 2. The Bertz CT molecular complexity index is 1230. The molecule has 2 aliphatic rings. The zero-order valence-electron chi connectivity index (χ0n) is 19.1. The number of hydrogen-bond acceptors (Lipinski definition) is 4. The molecule has 1 saturated carbocycles. The fourth-order valence-electron chi connectivity index (χ4n) is 4.68. The van der Waals surface area contributed by atoms with Gasteiger partial charge in [-0.3, -0.25) is 9.48 Å². The summed E-state index contributed by atoms with van der Waals surface area (Å²) >= 11 is 0. The Kier molecular flexibility index (Phi) is 5.65. The molecule has 0 bridgehead atoms. The van der Waals surface area contributed by atoms with Crippen LogP contribution in [-0.4, -0.2) is 28.3 Å². The van der Waals surface area contributed by atoms with Crippen molar-refractivity contribution in [3.05, 3.63) is 65.9 Å². The number of carbonyl (C=O) groups is 1. The van der Waals surface area contributed by atoms with E-state index in [9.17, 15) is 4.79 Å². The number of fused-ring (bicyclic) bond motifs is 1. The first kappa shape index (κ1) is 21.3. The van der Waals surface area contributed by atoms with Gasteiger partial charge in [0.05, 0.1) is 18.3 Å². The molecule has 33 heavy (non-hydrogen) atoms. The molecule has 168 valence electrons. The number of nitrogens with two attached hydrogens (primary N) is 1. The molecule has 1 amide bonds. The monoisotopic (exact) mass is 439 g/mol. The lowest BCUT2D eigenvalue weighted by Gasteiger charge is -2.40. The lowest BCUT2D eigenvalue weighted by Crippen LogP contribution is -2.45.